The third-order valence-corrected chi connectivity index (χ3v) is 4.13. The molecule has 3 N–H and O–H groups in total. The van der Waals surface area contributed by atoms with E-state index in [9.17, 15) is 14.7 Å². The largest absolute Gasteiger partial charge is 0.481 e. The highest BCUT2D eigenvalue weighted by Crippen LogP contribution is 2.42. The first-order chi connectivity index (χ1) is 9.09. The van der Waals surface area contributed by atoms with E-state index in [4.69, 9.17) is 5.73 Å². The molecule has 0 aromatic carbocycles. The number of aromatic nitrogens is 1. The van der Waals surface area contributed by atoms with E-state index in [1.165, 1.54) is 6.20 Å². The molecule has 3 rings (SSSR count). The number of nitrogen functional groups attached to an aromatic ring is 1. The Bertz CT molecular complexity index is 546. The highest BCUT2D eigenvalue weighted by atomic mass is 16.4. The molecule has 2 bridgehead atoms. The number of amides is 1. The van der Waals surface area contributed by atoms with Crippen LogP contribution in [-0.4, -0.2) is 39.0 Å². The number of carbonyl (C=O) groups excluding carboxylic acids is 1. The fraction of sp³-hybridized carbons (Fsp3) is 0.462. The molecule has 6 nitrogen and oxygen atoms in total. The molecule has 6 heteroatoms. The molecule has 2 saturated heterocycles. The third kappa shape index (κ3) is 1.75. The van der Waals surface area contributed by atoms with Gasteiger partial charge in [-0.1, -0.05) is 0 Å². The van der Waals surface area contributed by atoms with E-state index in [0.717, 1.165) is 12.8 Å². The number of nitrogens with two attached hydrogens (primary N) is 1. The third-order valence-electron chi connectivity index (χ3n) is 4.13. The predicted octanol–water partition coefficient (Wildman–Crippen LogP) is 0.741. The Hall–Kier alpha value is -2.11. The number of hydrogen-bond acceptors (Lipinski definition) is 4. The van der Waals surface area contributed by atoms with E-state index in [1.807, 2.05) is 0 Å². The maximum atomic E-state index is 12.5. The number of anilines is 1. The lowest BCUT2D eigenvalue weighted by molar-refractivity contribution is -0.142. The van der Waals surface area contributed by atoms with E-state index < -0.39 is 11.9 Å². The van der Waals surface area contributed by atoms with Crippen LogP contribution in [-0.2, 0) is 4.79 Å². The van der Waals surface area contributed by atoms with Crippen LogP contribution in [0.25, 0.3) is 0 Å². The van der Waals surface area contributed by atoms with E-state index in [1.54, 1.807) is 17.0 Å². The molecule has 1 aromatic rings. The van der Waals surface area contributed by atoms with Crippen molar-refractivity contribution in [3.05, 3.63) is 24.0 Å². The van der Waals surface area contributed by atoms with Crippen LogP contribution >= 0.6 is 0 Å². The molecular weight excluding hydrogens is 246 g/mol. The van der Waals surface area contributed by atoms with Crippen molar-refractivity contribution in [3.8, 4) is 0 Å². The molecule has 3 heterocycles. The fourth-order valence-electron chi connectivity index (χ4n) is 3.29. The number of hydrogen-bond donors (Lipinski definition) is 2. The first kappa shape index (κ1) is 12.0. The second-order valence-electron chi connectivity index (χ2n) is 5.13. The van der Waals surface area contributed by atoms with Crippen LogP contribution < -0.4 is 5.73 Å². The van der Waals surface area contributed by atoms with Gasteiger partial charge in [0, 0.05) is 18.3 Å². The Morgan fingerprint density at radius 3 is 2.84 bits per heavy atom. The Kier molecular flexibility index (Phi) is 2.66. The summed E-state index contributed by atoms with van der Waals surface area (Å²) in [7, 11) is 0. The van der Waals surface area contributed by atoms with Crippen molar-refractivity contribution in [2.75, 3.05) is 5.73 Å². The Morgan fingerprint density at radius 2 is 2.21 bits per heavy atom. The molecule has 0 saturated carbocycles. The fourth-order valence-corrected chi connectivity index (χ4v) is 3.29. The summed E-state index contributed by atoms with van der Waals surface area (Å²) in [5.74, 6) is -1.51. The monoisotopic (exact) mass is 261 g/mol. The smallest absolute Gasteiger partial charge is 0.308 e. The predicted molar refractivity (Wildman–Crippen MR) is 67.4 cm³/mol. The summed E-state index contributed by atoms with van der Waals surface area (Å²) in [5.41, 5.74) is 6.33. The van der Waals surface area contributed by atoms with Crippen LogP contribution in [0.2, 0.25) is 0 Å². The van der Waals surface area contributed by atoms with Gasteiger partial charge in [0.25, 0.3) is 5.91 Å². The van der Waals surface area contributed by atoms with Crippen molar-refractivity contribution in [2.24, 2.45) is 5.92 Å². The average molecular weight is 261 g/mol. The zero-order chi connectivity index (χ0) is 13.6. The van der Waals surface area contributed by atoms with Gasteiger partial charge in [0.2, 0.25) is 0 Å². The lowest BCUT2D eigenvalue weighted by atomic mass is 9.89. The number of aliphatic carboxylic acids is 1. The number of fused-ring (bicyclic) bond motifs is 2. The molecule has 3 unspecified atom stereocenters. The van der Waals surface area contributed by atoms with Gasteiger partial charge in [0.05, 0.1) is 11.6 Å². The van der Waals surface area contributed by atoms with Crippen LogP contribution in [0.15, 0.2) is 18.3 Å². The number of carboxylic acid groups (broad SMARTS) is 1. The minimum atomic E-state index is -0.820. The average Bonchev–Trinajstić information content (AvgIpc) is 2.96. The minimum Gasteiger partial charge on any atom is -0.481 e. The van der Waals surface area contributed by atoms with Crippen LogP contribution in [0.3, 0.4) is 0 Å². The molecule has 2 aliphatic heterocycles. The first-order valence-electron chi connectivity index (χ1n) is 6.35. The van der Waals surface area contributed by atoms with Gasteiger partial charge in [0.15, 0.2) is 5.69 Å². The van der Waals surface area contributed by atoms with Crippen LogP contribution in [0.1, 0.15) is 29.8 Å². The van der Waals surface area contributed by atoms with Crippen molar-refractivity contribution >= 4 is 17.6 Å². The van der Waals surface area contributed by atoms with E-state index >= 15 is 0 Å². The maximum Gasteiger partial charge on any atom is 0.308 e. The zero-order valence-corrected chi connectivity index (χ0v) is 10.3. The molecular formula is C13H15N3O3. The summed E-state index contributed by atoms with van der Waals surface area (Å²) in [4.78, 5) is 29.4. The summed E-state index contributed by atoms with van der Waals surface area (Å²) < 4.78 is 0. The highest BCUT2D eigenvalue weighted by Gasteiger charge is 2.51. The van der Waals surface area contributed by atoms with Gasteiger partial charge < -0.3 is 15.7 Å². The van der Waals surface area contributed by atoms with Gasteiger partial charge in [-0.15, -0.1) is 0 Å². The number of pyridine rings is 1. The molecule has 2 aliphatic rings. The van der Waals surface area contributed by atoms with Crippen molar-refractivity contribution in [2.45, 2.75) is 31.3 Å². The van der Waals surface area contributed by atoms with Crippen molar-refractivity contribution in [1.29, 1.82) is 0 Å². The Morgan fingerprint density at radius 1 is 1.42 bits per heavy atom. The highest BCUT2D eigenvalue weighted by molar-refractivity contribution is 5.98. The lowest BCUT2D eigenvalue weighted by Crippen LogP contribution is -2.38. The van der Waals surface area contributed by atoms with Crippen molar-refractivity contribution in [1.82, 2.24) is 9.88 Å². The molecule has 0 radical (unpaired) electrons. The summed E-state index contributed by atoms with van der Waals surface area (Å²) >= 11 is 0. The van der Waals surface area contributed by atoms with Crippen LogP contribution in [0.4, 0.5) is 5.69 Å². The quantitative estimate of drug-likeness (QED) is 0.818. The van der Waals surface area contributed by atoms with E-state index in [0.29, 0.717) is 12.1 Å². The van der Waals surface area contributed by atoms with Gasteiger partial charge in [0.1, 0.15) is 0 Å². The SMILES string of the molecule is Nc1cccnc1C(=O)N1C2CCC1C(C(=O)O)C2. The second kappa shape index (κ2) is 4.22. The molecule has 2 fully saturated rings. The molecule has 0 aliphatic carbocycles. The number of carbonyl (C=O) groups is 2. The minimum absolute atomic E-state index is 0.0139. The molecule has 3 atom stereocenters. The molecule has 1 aromatic heterocycles. The summed E-state index contributed by atoms with van der Waals surface area (Å²) in [6.07, 6.45) is 3.68. The van der Waals surface area contributed by atoms with Gasteiger partial charge >= 0.3 is 5.97 Å². The van der Waals surface area contributed by atoms with Crippen molar-refractivity contribution in [3.63, 3.8) is 0 Å². The standard InChI is InChI=1S/C13H15N3O3/c14-9-2-1-5-15-11(9)12(17)16-7-3-4-10(16)8(6-7)13(18)19/h1-2,5,7-8,10H,3-4,6,14H2,(H,18,19). The summed E-state index contributed by atoms with van der Waals surface area (Å²) in [5, 5.41) is 9.18. The molecule has 1 amide bonds. The number of nitrogens with zero attached hydrogens (tertiary/aromatic N) is 2. The van der Waals surface area contributed by atoms with Gasteiger partial charge in [-0.05, 0) is 31.4 Å². The number of carboxylic acids is 1. The summed E-state index contributed by atoms with van der Waals surface area (Å²) in [6.45, 7) is 0. The molecule has 19 heavy (non-hydrogen) atoms. The maximum absolute atomic E-state index is 12.5. The van der Waals surface area contributed by atoms with Crippen molar-refractivity contribution < 1.29 is 14.7 Å². The number of rotatable bonds is 2. The summed E-state index contributed by atoms with van der Waals surface area (Å²) in [6, 6.07) is 3.11. The lowest BCUT2D eigenvalue weighted by Gasteiger charge is -2.23. The Balaban J connectivity index is 1.90. The van der Waals surface area contributed by atoms with E-state index in [-0.39, 0.29) is 23.7 Å². The topological polar surface area (TPSA) is 96.5 Å². The Labute approximate surface area is 110 Å². The molecule has 0 spiro atoms. The normalized spacial score (nSPS) is 28.6. The second-order valence-corrected chi connectivity index (χ2v) is 5.13. The zero-order valence-electron chi connectivity index (χ0n) is 10.3. The van der Waals surface area contributed by atoms with Gasteiger partial charge in [-0.25, -0.2) is 4.98 Å². The van der Waals surface area contributed by atoms with Crippen LogP contribution in [0.5, 0.6) is 0 Å². The molecule has 100 valence electrons. The van der Waals surface area contributed by atoms with Crippen LogP contribution in [0, 0.1) is 5.92 Å². The first-order valence-corrected chi connectivity index (χ1v) is 6.35. The van der Waals surface area contributed by atoms with Gasteiger partial charge in [-0.2, -0.15) is 0 Å². The van der Waals surface area contributed by atoms with Gasteiger partial charge in [-0.3, -0.25) is 9.59 Å². The van der Waals surface area contributed by atoms with E-state index in [2.05, 4.69) is 4.98 Å².